The van der Waals surface area contributed by atoms with Gasteiger partial charge in [0.05, 0.1) is 16.5 Å². The van der Waals surface area contributed by atoms with E-state index in [9.17, 15) is 4.79 Å². The van der Waals surface area contributed by atoms with Crippen molar-refractivity contribution in [1.29, 1.82) is 0 Å². The van der Waals surface area contributed by atoms with E-state index in [0.29, 0.717) is 22.9 Å². The molecule has 1 fully saturated rings. The highest BCUT2D eigenvalue weighted by atomic mass is 35.5. The molecule has 0 saturated carbocycles. The Hall–Kier alpha value is -1.49. The Labute approximate surface area is 219 Å². The fraction of sp³-hybridized carbons (Fsp3) is 0.500. The van der Waals surface area contributed by atoms with Crippen molar-refractivity contribution in [3.63, 3.8) is 0 Å². The van der Waals surface area contributed by atoms with Crippen molar-refractivity contribution in [2.24, 2.45) is 5.41 Å². The number of aromatic nitrogens is 1. The second kappa shape index (κ2) is 11.1. The van der Waals surface area contributed by atoms with Gasteiger partial charge in [-0.05, 0) is 48.6 Å². The lowest BCUT2D eigenvalue weighted by Crippen LogP contribution is -2.56. The molecule has 3 nitrogen and oxygen atoms in total. The number of benzene rings is 1. The van der Waals surface area contributed by atoms with Crippen LogP contribution in [0.25, 0.3) is 0 Å². The molecule has 0 bridgehead atoms. The summed E-state index contributed by atoms with van der Waals surface area (Å²) in [5.41, 5.74) is 1.60. The molecule has 0 N–H and O–H groups in total. The van der Waals surface area contributed by atoms with Gasteiger partial charge in [-0.25, -0.2) is 0 Å². The predicted molar refractivity (Wildman–Crippen MR) is 147 cm³/mol. The monoisotopic (exact) mass is 518 g/mol. The first-order valence-corrected chi connectivity index (χ1v) is 13.7. The third-order valence-corrected chi connectivity index (χ3v) is 8.51. The molecule has 2 aromatic rings. The van der Waals surface area contributed by atoms with E-state index in [0.717, 1.165) is 23.3 Å². The molecule has 1 saturated heterocycles. The molecular formula is C28H36Cl2N2OS. The predicted octanol–water partition coefficient (Wildman–Crippen LogP) is 8.34. The van der Waals surface area contributed by atoms with Crippen LogP contribution in [0.15, 0.2) is 55.4 Å². The average molecular weight is 520 g/mol. The zero-order chi connectivity index (χ0) is 25.1. The van der Waals surface area contributed by atoms with Crippen LogP contribution in [0.4, 0.5) is 0 Å². The van der Waals surface area contributed by atoms with Crippen LogP contribution >= 0.6 is 35.0 Å². The van der Waals surface area contributed by atoms with Crippen molar-refractivity contribution in [2.45, 2.75) is 76.6 Å². The van der Waals surface area contributed by atoms with Crippen LogP contribution < -0.4 is 0 Å². The number of amides is 1. The second-order valence-electron chi connectivity index (χ2n) is 10.5. The van der Waals surface area contributed by atoms with Gasteiger partial charge in [-0.1, -0.05) is 76.0 Å². The van der Waals surface area contributed by atoms with E-state index in [1.165, 1.54) is 0 Å². The summed E-state index contributed by atoms with van der Waals surface area (Å²) < 4.78 is 0.114. The van der Waals surface area contributed by atoms with Gasteiger partial charge in [0.1, 0.15) is 0 Å². The third kappa shape index (κ3) is 6.19. The van der Waals surface area contributed by atoms with Crippen LogP contribution in [0, 0.1) is 5.41 Å². The maximum Gasteiger partial charge on any atom is 0.229 e. The maximum absolute atomic E-state index is 14.3. The van der Waals surface area contributed by atoms with E-state index in [2.05, 4.69) is 63.2 Å². The number of hydrogen-bond acceptors (Lipinski definition) is 3. The number of likely N-dealkylation sites (tertiary alicyclic amines) is 1. The summed E-state index contributed by atoms with van der Waals surface area (Å²) in [6, 6.07) is 9.89. The topological polar surface area (TPSA) is 33.2 Å². The summed E-state index contributed by atoms with van der Waals surface area (Å²) in [5.74, 6) is 1.12. The Morgan fingerprint density at radius 1 is 1.21 bits per heavy atom. The quantitative estimate of drug-likeness (QED) is 0.329. The van der Waals surface area contributed by atoms with Crippen LogP contribution in [0.1, 0.15) is 77.0 Å². The zero-order valence-electron chi connectivity index (χ0n) is 20.9. The van der Waals surface area contributed by atoms with Gasteiger partial charge >= 0.3 is 0 Å². The number of nitrogens with zero attached hydrogens (tertiary/aromatic N) is 2. The Morgan fingerprint density at radius 2 is 1.88 bits per heavy atom. The number of piperidine rings is 1. The van der Waals surface area contributed by atoms with E-state index in [1.807, 2.05) is 42.2 Å². The summed E-state index contributed by atoms with van der Waals surface area (Å²) in [7, 11) is 0. The number of thioether (sulfide) groups is 1. The smallest absolute Gasteiger partial charge is 0.229 e. The SMILES string of the molecule is C=CC[C@@]1(C)CC(c2cncc(Cl)c2)[C@@H](c2ccc(Cl)cc2)N([C@@H](CC)CSC(C)(C)C)C1=O. The Morgan fingerprint density at radius 3 is 2.44 bits per heavy atom. The molecule has 4 atom stereocenters. The number of carbonyl (C=O) groups is 1. The van der Waals surface area contributed by atoms with Crippen LogP contribution in [-0.4, -0.2) is 32.3 Å². The fourth-order valence-electron chi connectivity index (χ4n) is 4.92. The van der Waals surface area contributed by atoms with E-state index in [4.69, 9.17) is 23.2 Å². The lowest BCUT2D eigenvalue weighted by Gasteiger charge is -2.52. The summed E-state index contributed by atoms with van der Waals surface area (Å²) in [5, 5.41) is 1.29. The standard InChI is InChI=1S/C28H36Cl2N2OS/c1-7-13-28(6)15-24(20-14-22(30)17-31-16-20)25(19-9-11-21(29)12-10-19)32(26(28)33)23(8-2)18-34-27(3,4)5/h7,9-12,14,16-17,23-25H,1,8,13,15,18H2,2-6H3/t23-,24?,25+,28-/m0/s1. The number of pyridine rings is 1. The van der Waals surface area contributed by atoms with Crippen LogP contribution in [0.3, 0.4) is 0 Å². The van der Waals surface area contributed by atoms with Gasteiger partial charge in [0.15, 0.2) is 0 Å². The largest absolute Gasteiger partial charge is 0.331 e. The summed E-state index contributed by atoms with van der Waals surface area (Å²) >= 11 is 14.5. The number of rotatable bonds is 8. The van der Waals surface area contributed by atoms with Gasteiger partial charge in [-0.3, -0.25) is 9.78 Å². The van der Waals surface area contributed by atoms with Gasteiger partial charge in [0.25, 0.3) is 0 Å². The minimum atomic E-state index is -0.544. The molecule has 1 unspecified atom stereocenters. The first kappa shape index (κ1) is 27.1. The molecule has 0 spiro atoms. The van der Waals surface area contributed by atoms with E-state index in [-0.39, 0.29) is 28.7 Å². The third-order valence-electron chi connectivity index (χ3n) is 6.64. The van der Waals surface area contributed by atoms with Crippen LogP contribution in [-0.2, 0) is 4.79 Å². The first-order chi connectivity index (χ1) is 16.0. The van der Waals surface area contributed by atoms with E-state index < -0.39 is 5.41 Å². The van der Waals surface area contributed by atoms with Gasteiger partial charge in [0, 0.05) is 39.9 Å². The lowest BCUT2D eigenvalue weighted by molar-refractivity contribution is -0.153. The highest BCUT2D eigenvalue weighted by molar-refractivity contribution is 8.00. The van der Waals surface area contributed by atoms with E-state index >= 15 is 0 Å². The number of hydrogen-bond donors (Lipinski definition) is 0. The van der Waals surface area contributed by atoms with Crippen molar-refractivity contribution in [2.75, 3.05) is 5.75 Å². The Bertz CT molecular complexity index is 1000. The molecule has 1 amide bonds. The molecule has 184 valence electrons. The van der Waals surface area contributed by atoms with Crippen LogP contribution in [0.5, 0.6) is 0 Å². The Kier molecular flexibility index (Phi) is 8.81. The van der Waals surface area contributed by atoms with Crippen molar-refractivity contribution in [1.82, 2.24) is 9.88 Å². The number of halogens is 2. The summed E-state index contributed by atoms with van der Waals surface area (Å²) in [6.07, 6.45) is 7.63. The minimum absolute atomic E-state index is 0.0451. The Balaban J connectivity index is 2.19. The van der Waals surface area contributed by atoms with Gasteiger partial charge in [-0.15, -0.1) is 6.58 Å². The molecule has 2 heterocycles. The maximum atomic E-state index is 14.3. The first-order valence-electron chi connectivity index (χ1n) is 11.9. The molecule has 1 aromatic heterocycles. The second-order valence-corrected chi connectivity index (χ2v) is 13.2. The molecule has 0 radical (unpaired) electrons. The van der Waals surface area contributed by atoms with Crippen molar-refractivity contribution in [3.8, 4) is 0 Å². The molecule has 1 aliphatic rings. The lowest BCUT2D eigenvalue weighted by atomic mass is 9.67. The van der Waals surface area contributed by atoms with Crippen LogP contribution in [0.2, 0.25) is 10.0 Å². The highest BCUT2D eigenvalue weighted by Crippen LogP contribution is 2.52. The van der Waals surface area contributed by atoms with Gasteiger partial charge in [-0.2, -0.15) is 11.8 Å². The van der Waals surface area contributed by atoms with E-state index in [1.54, 1.807) is 6.20 Å². The molecule has 0 aliphatic carbocycles. The minimum Gasteiger partial charge on any atom is -0.331 e. The highest BCUT2D eigenvalue weighted by Gasteiger charge is 2.51. The number of allylic oxidation sites excluding steroid dienone is 1. The molecule has 6 heteroatoms. The van der Waals surface area contributed by atoms with Gasteiger partial charge < -0.3 is 4.90 Å². The van der Waals surface area contributed by atoms with Crippen molar-refractivity contribution in [3.05, 3.63) is 76.6 Å². The average Bonchev–Trinajstić information content (AvgIpc) is 2.77. The van der Waals surface area contributed by atoms with Crippen molar-refractivity contribution >= 4 is 40.9 Å². The molecule has 1 aliphatic heterocycles. The fourth-order valence-corrected chi connectivity index (χ4v) is 6.32. The van der Waals surface area contributed by atoms with Crippen molar-refractivity contribution < 1.29 is 4.79 Å². The summed E-state index contributed by atoms with van der Waals surface area (Å²) in [6.45, 7) is 14.9. The molecule has 1 aromatic carbocycles. The molecule has 3 rings (SSSR count). The zero-order valence-corrected chi connectivity index (χ0v) is 23.2. The summed E-state index contributed by atoms with van der Waals surface area (Å²) in [4.78, 5) is 20.8. The molecule has 34 heavy (non-hydrogen) atoms. The normalized spacial score (nSPS) is 24.2. The number of carbonyl (C=O) groups excluding carboxylic acids is 1. The van der Waals surface area contributed by atoms with Gasteiger partial charge in [0.2, 0.25) is 5.91 Å². The molecular weight excluding hydrogens is 483 g/mol.